The van der Waals surface area contributed by atoms with Gasteiger partial charge in [-0.2, -0.15) is 0 Å². The van der Waals surface area contributed by atoms with Gasteiger partial charge in [0.2, 0.25) is 0 Å². The van der Waals surface area contributed by atoms with Gasteiger partial charge >= 0.3 is 0 Å². The Balaban J connectivity index is 1.48. The van der Waals surface area contributed by atoms with Crippen molar-refractivity contribution in [2.75, 3.05) is 5.32 Å². The average molecular weight is 387 g/mol. The smallest absolute Gasteiger partial charge is 0.156 e. The molecule has 0 saturated carbocycles. The predicted molar refractivity (Wildman–Crippen MR) is 124 cm³/mol. The SMILES string of the molecule is c1ccc(CNc2nnc(-c3ccc(-c4ccccc4)cc3)c3ccccc23)cc1. The minimum Gasteiger partial charge on any atom is -0.364 e. The third-order valence-corrected chi connectivity index (χ3v) is 5.26. The van der Waals surface area contributed by atoms with Crippen molar-refractivity contribution >= 4 is 16.6 Å². The molecule has 0 aliphatic rings. The Morgan fingerprint density at radius 1 is 0.500 bits per heavy atom. The van der Waals surface area contributed by atoms with Crippen molar-refractivity contribution in [3.05, 3.63) is 115 Å². The number of hydrogen-bond donors (Lipinski definition) is 1. The molecule has 1 aromatic heterocycles. The van der Waals surface area contributed by atoms with Gasteiger partial charge in [0.1, 0.15) is 5.69 Å². The Morgan fingerprint density at radius 3 is 1.80 bits per heavy atom. The second-order valence-corrected chi connectivity index (χ2v) is 7.23. The molecule has 1 N–H and O–H groups in total. The highest BCUT2D eigenvalue weighted by atomic mass is 15.2. The molecule has 5 aromatic rings. The fourth-order valence-electron chi connectivity index (χ4n) is 3.68. The molecule has 5 rings (SSSR count). The van der Waals surface area contributed by atoms with Crippen LogP contribution in [-0.2, 0) is 6.54 Å². The average Bonchev–Trinajstić information content (AvgIpc) is 2.84. The Hall–Kier alpha value is -3.98. The molecular formula is C27H21N3. The van der Waals surface area contributed by atoms with Crippen molar-refractivity contribution in [3.63, 3.8) is 0 Å². The molecule has 144 valence electrons. The van der Waals surface area contributed by atoms with Crippen molar-refractivity contribution in [3.8, 4) is 22.4 Å². The van der Waals surface area contributed by atoms with Crippen molar-refractivity contribution in [1.82, 2.24) is 10.2 Å². The van der Waals surface area contributed by atoms with E-state index in [-0.39, 0.29) is 0 Å². The van der Waals surface area contributed by atoms with Crippen molar-refractivity contribution < 1.29 is 0 Å². The van der Waals surface area contributed by atoms with Gasteiger partial charge in [-0.15, -0.1) is 10.2 Å². The summed E-state index contributed by atoms with van der Waals surface area (Å²) < 4.78 is 0. The van der Waals surface area contributed by atoms with Gasteiger partial charge < -0.3 is 5.32 Å². The van der Waals surface area contributed by atoms with Gasteiger partial charge in [0.25, 0.3) is 0 Å². The van der Waals surface area contributed by atoms with Gasteiger partial charge in [0.15, 0.2) is 5.82 Å². The second-order valence-electron chi connectivity index (χ2n) is 7.23. The van der Waals surface area contributed by atoms with E-state index in [9.17, 15) is 0 Å². The maximum atomic E-state index is 4.58. The van der Waals surface area contributed by atoms with E-state index in [0.717, 1.165) is 27.8 Å². The predicted octanol–water partition coefficient (Wildman–Crippen LogP) is 6.58. The molecule has 4 aromatic carbocycles. The van der Waals surface area contributed by atoms with Crippen LogP contribution in [0, 0.1) is 0 Å². The van der Waals surface area contributed by atoms with E-state index in [1.807, 2.05) is 36.4 Å². The van der Waals surface area contributed by atoms with E-state index in [0.29, 0.717) is 6.54 Å². The van der Waals surface area contributed by atoms with Crippen LogP contribution in [0.15, 0.2) is 109 Å². The molecule has 0 aliphatic heterocycles. The molecule has 0 unspecified atom stereocenters. The molecule has 0 radical (unpaired) electrons. The Kier molecular flexibility index (Phi) is 4.93. The molecule has 0 saturated heterocycles. The van der Waals surface area contributed by atoms with E-state index >= 15 is 0 Å². The van der Waals surface area contributed by atoms with Crippen LogP contribution in [0.25, 0.3) is 33.2 Å². The third-order valence-electron chi connectivity index (χ3n) is 5.26. The third kappa shape index (κ3) is 3.65. The lowest BCUT2D eigenvalue weighted by Crippen LogP contribution is -2.04. The number of nitrogens with one attached hydrogen (secondary N) is 1. The van der Waals surface area contributed by atoms with Crippen molar-refractivity contribution in [2.45, 2.75) is 6.54 Å². The topological polar surface area (TPSA) is 37.8 Å². The van der Waals surface area contributed by atoms with Gasteiger partial charge in [-0.05, 0) is 16.7 Å². The van der Waals surface area contributed by atoms with Crippen molar-refractivity contribution in [2.24, 2.45) is 0 Å². The van der Waals surface area contributed by atoms with Crippen molar-refractivity contribution in [1.29, 1.82) is 0 Å². The summed E-state index contributed by atoms with van der Waals surface area (Å²) in [5.41, 5.74) is 5.57. The fraction of sp³-hybridized carbons (Fsp3) is 0.0370. The van der Waals surface area contributed by atoms with Gasteiger partial charge in [-0.25, -0.2) is 0 Å². The maximum absolute atomic E-state index is 4.58. The number of benzene rings is 4. The lowest BCUT2D eigenvalue weighted by atomic mass is 10.0. The van der Waals surface area contributed by atoms with Gasteiger partial charge in [0.05, 0.1) is 0 Å². The largest absolute Gasteiger partial charge is 0.364 e. The molecule has 0 spiro atoms. The number of hydrogen-bond acceptors (Lipinski definition) is 3. The van der Waals surface area contributed by atoms with Crippen LogP contribution in [0.3, 0.4) is 0 Å². The molecule has 0 amide bonds. The Morgan fingerprint density at radius 2 is 1.07 bits per heavy atom. The molecule has 3 heteroatoms. The first-order valence-electron chi connectivity index (χ1n) is 10.1. The fourth-order valence-corrected chi connectivity index (χ4v) is 3.68. The van der Waals surface area contributed by atoms with Crippen LogP contribution in [-0.4, -0.2) is 10.2 Å². The van der Waals surface area contributed by atoms with Gasteiger partial charge in [-0.3, -0.25) is 0 Å². The standard InChI is InChI=1S/C27H21N3/c1-3-9-20(10-4-1)19-28-27-25-14-8-7-13-24(25)26(29-30-27)23-17-15-22(16-18-23)21-11-5-2-6-12-21/h1-18H,19H2,(H,28,30). The van der Waals surface area contributed by atoms with Crippen LogP contribution >= 0.6 is 0 Å². The zero-order valence-corrected chi connectivity index (χ0v) is 16.5. The summed E-state index contributed by atoms with van der Waals surface area (Å²) in [6.45, 7) is 0.713. The summed E-state index contributed by atoms with van der Waals surface area (Å²) in [5, 5.41) is 14.7. The summed E-state index contributed by atoms with van der Waals surface area (Å²) in [7, 11) is 0. The van der Waals surface area contributed by atoms with Gasteiger partial charge in [0, 0.05) is 22.9 Å². The van der Waals surface area contributed by atoms with E-state index in [1.165, 1.54) is 16.7 Å². The van der Waals surface area contributed by atoms with Crippen LogP contribution in [0.1, 0.15) is 5.56 Å². The molecule has 0 aliphatic carbocycles. The highest BCUT2D eigenvalue weighted by molar-refractivity contribution is 6.00. The Labute approximate surface area is 176 Å². The molecule has 0 atom stereocenters. The summed E-state index contributed by atoms with van der Waals surface area (Å²) >= 11 is 0. The van der Waals surface area contributed by atoms with E-state index in [1.54, 1.807) is 0 Å². The maximum Gasteiger partial charge on any atom is 0.156 e. The Bertz CT molecular complexity index is 1260. The normalized spacial score (nSPS) is 10.8. The molecular weight excluding hydrogens is 366 g/mol. The zero-order valence-electron chi connectivity index (χ0n) is 16.5. The molecule has 0 bridgehead atoms. The summed E-state index contributed by atoms with van der Waals surface area (Å²) in [6.07, 6.45) is 0. The van der Waals surface area contributed by atoms with Crippen LogP contribution in [0.2, 0.25) is 0 Å². The molecule has 1 heterocycles. The van der Waals surface area contributed by atoms with E-state index < -0.39 is 0 Å². The van der Waals surface area contributed by atoms with E-state index in [2.05, 4.69) is 88.3 Å². The van der Waals surface area contributed by atoms with Crippen LogP contribution in [0.4, 0.5) is 5.82 Å². The zero-order chi connectivity index (χ0) is 20.2. The first-order valence-corrected chi connectivity index (χ1v) is 10.1. The monoisotopic (exact) mass is 387 g/mol. The quantitative estimate of drug-likeness (QED) is 0.370. The highest BCUT2D eigenvalue weighted by Gasteiger charge is 2.11. The van der Waals surface area contributed by atoms with Crippen LogP contribution < -0.4 is 5.32 Å². The minimum absolute atomic E-state index is 0.713. The summed E-state index contributed by atoms with van der Waals surface area (Å²) in [4.78, 5) is 0. The number of rotatable bonds is 5. The van der Waals surface area contributed by atoms with Crippen LogP contribution in [0.5, 0.6) is 0 Å². The lowest BCUT2D eigenvalue weighted by Gasteiger charge is -2.12. The summed E-state index contributed by atoms with van der Waals surface area (Å²) in [5.74, 6) is 0.805. The second kappa shape index (κ2) is 8.18. The number of nitrogens with zero attached hydrogens (tertiary/aromatic N) is 2. The first kappa shape index (κ1) is 18.1. The highest BCUT2D eigenvalue weighted by Crippen LogP contribution is 2.31. The lowest BCUT2D eigenvalue weighted by molar-refractivity contribution is 1.02. The number of fused-ring (bicyclic) bond motifs is 1. The first-order chi connectivity index (χ1) is 14.9. The molecule has 30 heavy (non-hydrogen) atoms. The van der Waals surface area contributed by atoms with E-state index in [4.69, 9.17) is 0 Å². The number of anilines is 1. The number of aromatic nitrogens is 2. The van der Waals surface area contributed by atoms with Gasteiger partial charge in [-0.1, -0.05) is 109 Å². The summed E-state index contributed by atoms with van der Waals surface area (Å²) in [6, 6.07) is 37.5. The minimum atomic E-state index is 0.713. The molecule has 3 nitrogen and oxygen atoms in total. The molecule has 0 fully saturated rings.